The molecule has 9 nitrogen and oxygen atoms in total. The molecule has 5 unspecified atom stereocenters. The van der Waals surface area contributed by atoms with Gasteiger partial charge in [-0.1, -0.05) is 91.9 Å². The van der Waals surface area contributed by atoms with Gasteiger partial charge in [-0.15, -0.1) is 0 Å². The molecule has 5 atom stereocenters. The Morgan fingerprint density at radius 1 is 0.735 bits per heavy atom. The minimum atomic E-state index is -1.09. The van der Waals surface area contributed by atoms with Crippen LogP contribution in [0.1, 0.15) is 83.2 Å². The van der Waals surface area contributed by atoms with Crippen LogP contribution in [0.5, 0.6) is 0 Å². The van der Waals surface area contributed by atoms with Crippen molar-refractivity contribution in [3.8, 4) is 0 Å². The van der Waals surface area contributed by atoms with E-state index in [0.717, 1.165) is 16.7 Å². The molecular formula is C40H51N3O6. The first kappa shape index (κ1) is 37.2. The van der Waals surface area contributed by atoms with Crippen molar-refractivity contribution in [1.82, 2.24) is 15.5 Å². The SMILES string of the molecule is Cc1ccccc1C(C(=O)NC(Cc1ccccc1)C(=O)OC(C)(C)C)N(C(=O)C(Cc1ccccc1)NC(=O)OC(C)(C)C)C1CC1C. The Hall–Kier alpha value is -4.66. The molecule has 0 spiro atoms. The third kappa shape index (κ3) is 10.9. The predicted octanol–water partition coefficient (Wildman–Crippen LogP) is 6.48. The summed E-state index contributed by atoms with van der Waals surface area (Å²) in [7, 11) is 0. The number of nitrogens with zero attached hydrogens (tertiary/aromatic N) is 1. The van der Waals surface area contributed by atoms with Crippen molar-refractivity contribution in [3.63, 3.8) is 0 Å². The van der Waals surface area contributed by atoms with Crippen LogP contribution >= 0.6 is 0 Å². The maximum atomic E-state index is 14.9. The Morgan fingerprint density at radius 2 is 1.22 bits per heavy atom. The zero-order valence-corrected chi connectivity index (χ0v) is 30.0. The fourth-order valence-electron chi connectivity index (χ4n) is 5.83. The number of hydrogen-bond donors (Lipinski definition) is 2. The molecule has 0 radical (unpaired) electrons. The molecule has 0 bridgehead atoms. The summed E-state index contributed by atoms with van der Waals surface area (Å²) in [5.74, 6) is -1.37. The van der Waals surface area contributed by atoms with E-state index < -0.39 is 53.2 Å². The lowest BCUT2D eigenvalue weighted by Crippen LogP contribution is -2.56. The lowest BCUT2D eigenvalue weighted by atomic mass is 9.96. The standard InChI is InChI=1S/C40H51N3O6/c1-26-17-15-16-22-30(26)34(35(44)41-32(37(46)48-39(3,4)5)25-29-20-13-10-14-21-29)43(33-23-27(33)2)36(45)31(24-28-18-11-9-12-19-28)42-38(47)49-40(6,7)8/h9-22,27,31-34H,23-25H2,1-8H3,(H,41,44)(H,42,47). The summed E-state index contributed by atoms with van der Waals surface area (Å²) in [6.07, 6.45) is 0.348. The van der Waals surface area contributed by atoms with Gasteiger partial charge in [0.25, 0.3) is 0 Å². The highest BCUT2D eigenvalue weighted by molar-refractivity contribution is 5.94. The summed E-state index contributed by atoms with van der Waals surface area (Å²) < 4.78 is 11.3. The average Bonchev–Trinajstić information content (AvgIpc) is 3.74. The normalized spacial score (nSPS) is 17.6. The number of alkyl carbamates (subject to hydrolysis) is 1. The minimum Gasteiger partial charge on any atom is -0.458 e. The number of nitrogens with one attached hydrogen (secondary N) is 2. The van der Waals surface area contributed by atoms with Gasteiger partial charge < -0.3 is 25.0 Å². The second-order valence-electron chi connectivity index (χ2n) is 15.0. The van der Waals surface area contributed by atoms with E-state index in [2.05, 4.69) is 10.6 Å². The first-order valence-corrected chi connectivity index (χ1v) is 17.0. The maximum absolute atomic E-state index is 14.9. The van der Waals surface area contributed by atoms with Crippen molar-refractivity contribution in [1.29, 1.82) is 0 Å². The van der Waals surface area contributed by atoms with E-state index in [-0.39, 0.29) is 24.8 Å². The van der Waals surface area contributed by atoms with E-state index in [1.165, 1.54) is 0 Å². The quantitative estimate of drug-likeness (QED) is 0.214. The zero-order chi connectivity index (χ0) is 35.9. The van der Waals surface area contributed by atoms with Crippen LogP contribution in [0.15, 0.2) is 84.9 Å². The Balaban J connectivity index is 1.77. The molecular weight excluding hydrogens is 618 g/mol. The number of carbonyl (C=O) groups excluding carboxylic acids is 4. The van der Waals surface area contributed by atoms with E-state index in [1.54, 1.807) is 46.4 Å². The molecule has 1 aliphatic carbocycles. The number of carbonyl (C=O) groups is 4. The summed E-state index contributed by atoms with van der Waals surface area (Å²) in [5, 5.41) is 5.81. The van der Waals surface area contributed by atoms with Gasteiger partial charge in [0, 0.05) is 18.9 Å². The minimum absolute atomic E-state index is 0.119. The summed E-state index contributed by atoms with van der Waals surface area (Å²) in [6, 6.07) is 22.8. The molecule has 1 saturated carbocycles. The molecule has 3 aromatic carbocycles. The van der Waals surface area contributed by atoms with E-state index in [1.807, 2.05) is 98.8 Å². The van der Waals surface area contributed by atoms with Crippen LogP contribution in [0.3, 0.4) is 0 Å². The van der Waals surface area contributed by atoms with Crippen LogP contribution in [-0.2, 0) is 36.7 Å². The number of rotatable bonds is 12. The third-order valence-electron chi connectivity index (χ3n) is 8.25. The van der Waals surface area contributed by atoms with Gasteiger partial charge >= 0.3 is 12.1 Å². The summed E-state index contributed by atoms with van der Waals surface area (Å²) in [6.45, 7) is 14.5. The molecule has 2 N–H and O–H groups in total. The van der Waals surface area contributed by atoms with Gasteiger partial charge in [-0.25, -0.2) is 9.59 Å². The van der Waals surface area contributed by atoms with Crippen LogP contribution in [-0.4, -0.2) is 58.1 Å². The molecule has 4 rings (SSSR count). The highest BCUT2D eigenvalue weighted by Gasteiger charge is 2.49. The number of hydrogen-bond acceptors (Lipinski definition) is 6. The fourth-order valence-corrected chi connectivity index (χ4v) is 5.83. The van der Waals surface area contributed by atoms with Crippen molar-refractivity contribution in [2.45, 2.75) is 110 Å². The van der Waals surface area contributed by atoms with E-state index >= 15 is 0 Å². The Bertz CT molecular complexity index is 1600. The Kier molecular flexibility index (Phi) is 11.9. The molecule has 1 aliphatic rings. The smallest absolute Gasteiger partial charge is 0.408 e. The Labute approximate surface area is 290 Å². The molecule has 9 heteroatoms. The van der Waals surface area contributed by atoms with Gasteiger partial charge in [-0.2, -0.15) is 0 Å². The lowest BCUT2D eigenvalue weighted by Gasteiger charge is -2.36. The average molecular weight is 670 g/mol. The van der Waals surface area contributed by atoms with Crippen LogP contribution in [0.4, 0.5) is 4.79 Å². The fraction of sp³-hybridized carbons (Fsp3) is 0.450. The van der Waals surface area contributed by atoms with Crippen molar-refractivity contribution >= 4 is 23.9 Å². The topological polar surface area (TPSA) is 114 Å². The highest BCUT2D eigenvalue weighted by atomic mass is 16.6. The van der Waals surface area contributed by atoms with Crippen molar-refractivity contribution < 1.29 is 28.7 Å². The molecule has 3 amide bonds. The molecule has 3 aromatic rings. The first-order valence-electron chi connectivity index (χ1n) is 17.0. The van der Waals surface area contributed by atoms with Gasteiger partial charge in [-0.3, -0.25) is 9.59 Å². The van der Waals surface area contributed by atoms with Gasteiger partial charge in [0.1, 0.15) is 29.3 Å². The number of aryl methyl sites for hydroxylation is 1. The Morgan fingerprint density at radius 3 is 1.71 bits per heavy atom. The molecule has 0 aliphatic heterocycles. The van der Waals surface area contributed by atoms with Crippen LogP contribution in [0.25, 0.3) is 0 Å². The van der Waals surface area contributed by atoms with Gasteiger partial charge in [0.05, 0.1) is 0 Å². The maximum Gasteiger partial charge on any atom is 0.408 e. The van der Waals surface area contributed by atoms with E-state index in [0.29, 0.717) is 12.0 Å². The number of ether oxygens (including phenoxy) is 2. The molecule has 0 heterocycles. The van der Waals surface area contributed by atoms with Crippen LogP contribution < -0.4 is 10.6 Å². The summed E-state index contributed by atoms with van der Waals surface area (Å²) in [5.41, 5.74) is 1.56. The molecule has 1 fully saturated rings. The van der Waals surface area contributed by atoms with Gasteiger partial charge in [0.2, 0.25) is 11.8 Å². The van der Waals surface area contributed by atoms with Crippen molar-refractivity contribution in [2.24, 2.45) is 5.92 Å². The van der Waals surface area contributed by atoms with Crippen LogP contribution in [0, 0.1) is 12.8 Å². The summed E-state index contributed by atoms with van der Waals surface area (Å²) in [4.78, 5) is 58.0. The zero-order valence-electron chi connectivity index (χ0n) is 30.0. The second-order valence-corrected chi connectivity index (χ2v) is 15.0. The van der Waals surface area contributed by atoms with Gasteiger partial charge in [0.15, 0.2) is 0 Å². The summed E-state index contributed by atoms with van der Waals surface area (Å²) >= 11 is 0. The van der Waals surface area contributed by atoms with Crippen molar-refractivity contribution in [2.75, 3.05) is 0 Å². The highest BCUT2D eigenvalue weighted by Crippen LogP contribution is 2.41. The van der Waals surface area contributed by atoms with Gasteiger partial charge in [-0.05, 0) is 83.1 Å². The number of esters is 1. The second kappa shape index (κ2) is 15.7. The first-order chi connectivity index (χ1) is 23.0. The number of benzene rings is 3. The molecule has 262 valence electrons. The molecule has 49 heavy (non-hydrogen) atoms. The van der Waals surface area contributed by atoms with E-state index in [9.17, 15) is 19.2 Å². The van der Waals surface area contributed by atoms with Crippen molar-refractivity contribution in [3.05, 3.63) is 107 Å². The lowest BCUT2D eigenvalue weighted by molar-refractivity contribution is -0.159. The van der Waals surface area contributed by atoms with E-state index in [4.69, 9.17) is 9.47 Å². The number of amides is 3. The van der Waals surface area contributed by atoms with Crippen LogP contribution in [0.2, 0.25) is 0 Å². The predicted molar refractivity (Wildman–Crippen MR) is 190 cm³/mol. The molecule has 0 aromatic heterocycles. The molecule has 0 saturated heterocycles. The monoisotopic (exact) mass is 669 g/mol. The largest absolute Gasteiger partial charge is 0.458 e. The third-order valence-corrected chi connectivity index (χ3v) is 8.25.